The van der Waals surface area contributed by atoms with E-state index in [1.54, 1.807) is 0 Å². The highest BCUT2D eigenvalue weighted by Crippen LogP contribution is 2.21. The summed E-state index contributed by atoms with van der Waals surface area (Å²) < 4.78 is 0. The van der Waals surface area contributed by atoms with Gasteiger partial charge >= 0.3 is 0 Å². The lowest BCUT2D eigenvalue weighted by atomic mass is 9.96. The summed E-state index contributed by atoms with van der Waals surface area (Å²) in [7, 11) is 0. The van der Waals surface area contributed by atoms with Gasteiger partial charge in [0.1, 0.15) is 17.8 Å². The molecule has 0 spiro atoms. The third-order valence-corrected chi connectivity index (χ3v) is 7.36. The zero-order chi connectivity index (χ0) is 30.1. The van der Waals surface area contributed by atoms with Crippen molar-refractivity contribution in [3.8, 4) is 0 Å². The smallest absolute Gasteiger partial charge is 0.272 e. The number of carbonyl (C=O) groups excluding carboxylic acids is 4. The first-order chi connectivity index (χ1) is 20.2. The predicted molar refractivity (Wildman–Crippen MR) is 157 cm³/mol. The molecule has 1 aliphatic heterocycles. The molecule has 1 saturated heterocycles. The van der Waals surface area contributed by atoms with E-state index in [-0.39, 0.29) is 36.5 Å². The van der Waals surface area contributed by atoms with E-state index < -0.39 is 35.8 Å². The van der Waals surface area contributed by atoms with Gasteiger partial charge in [-0.1, -0.05) is 56.3 Å². The standard InChI is InChI=1S/C31H38N6O5/c1-19(2)14-25(29(40)35-23(18-38)15-22-10-11-34-28(22)39)36-30(41)26(37-31(42)27-17-32-12-13-33-27)16-21-8-5-7-20-6-3-4-9-24(20)21/h3-9,12-13,17,19,22-23,25-26,38H,10-11,14-16,18H2,1-2H3,(H,34,39)(H,35,40)(H,36,41)(H,37,42)/t22-,23-,25-,26-/m0/s1. The first-order valence-corrected chi connectivity index (χ1v) is 14.3. The van der Waals surface area contributed by atoms with Gasteiger partial charge in [-0.15, -0.1) is 0 Å². The van der Waals surface area contributed by atoms with Crippen molar-refractivity contribution in [3.05, 3.63) is 72.3 Å². The predicted octanol–water partition coefficient (Wildman–Crippen LogP) is 1.51. The molecule has 11 heteroatoms. The molecule has 4 rings (SSSR count). The van der Waals surface area contributed by atoms with Crippen molar-refractivity contribution in [1.82, 2.24) is 31.2 Å². The zero-order valence-corrected chi connectivity index (χ0v) is 23.9. The first kappa shape index (κ1) is 30.6. The van der Waals surface area contributed by atoms with E-state index in [2.05, 4.69) is 31.2 Å². The van der Waals surface area contributed by atoms with Crippen LogP contribution in [0.4, 0.5) is 0 Å². The number of aliphatic hydroxyl groups excluding tert-OH is 1. The van der Waals surface area contributed by atoms with Crippen LogP contribution in [0.5, 0.6) is 0 Å². The minimum absolute atomic E-state index is 0.0555. The third kappa shape index (κ3) is 8.10. The summed E-state index contributed by atoms with van der Waals surface area (Å²) in [5.41, 5.74) is 0.916. The number of aromatic nitrogens is 2. The Kier molecular flexibility index (Phi) is 10.6. The number of hydrogen-bond acceptors (Lipinski definition) is 7. The minimum Gasteiger partial charge on any atom is -0.394 e. The van der Waals surface area contributed by atoms with E-state index in [9.17, 15) is 24.3 Å². The number of benzene rings is 2. The Morgan fingerprint density at radius 3 is 2.45 bits per heavy atom. The summed E-state index contributed by atoms with van der Waals surface area (Å²) in [6, 6.07) is 11.0. The van der Waals surface area contributed by atoms with Crippen LogP contribution in [-0.2, 0) is 20.8 Å². The topological polar surface area (TPSA) is 162 Å². The number of aliphatic hydroxyl groups is 1. The molecule has 1 aromatic heterocycles. The molecule has 222 valence electrons. The monoisotopic (exact) mass is 574 g/mol. The fourth-order valence-corrected chi connectivity index (χ4v) is 5.22. The van der Waals surface area contributed by atoms with Crippen LogP contribution in [0.15, 0.2) is 61.1 Å². The Labute approximate surface area is 244 Å². The number of nitrogens with one attached hydrogen (secondary N) is 4. The number of fused-ring (bicyclic) bond motifs is 1. The summed E-state index contributed by atoms with van der Waals surface area (Å²) in [5, 5.41) is 23.1. The van der Waals surface area contributed by atoms with Gasteiger partial charge in [-0.25, -0.2) is 4.98 Å². The van der Waals surface area contributed by atoms with Crippen LogP contribution in [-0.4, -0.2) is 70.0 Å². The maximum Gasteiger partial charge on any atom is 0.272 e. The SMILES string of the molecule is CC(C)C[C@H](NC(=O)[C@H](Cc1cccc2ccccc12)NC(=O)c1cnccn1)C(=O)N[C@H](CO)C[C@@H]1CCNC1=O. The average molecular weight is 575 g/mol. The van der Waals surface area contributed by atoms with Gasteiger partial charge in [-0.2, -0.15) is 0 Å². The Morgan fingerprint density at radius 1 is 1.00 bits per heavy atom. The Morgan fingerprint density at radius 2 is 1.76 bits per heavy atom. The lowest BCUT2D eigenvalue weighted by Crippen LogP contribution is -2.56. The van der Waals surface area contributed by atoms with Crippen molar-refractivity contribution in [2.45, 2.75) is 57.7 Å². The Bertz CT molecular complexity index is 1390. The quantitative estimate of drug-likeness (QED) is 0.207. The highest BCUT2D eigenvalue weighted by Gasteiger charge is 2.32. The molecule has 4 atom stereocenters. The van der Waals surface area contributed by atoms with Crippen molar-refractivity contribution in [2.75, 3.05) is 13.2 Å². The van der Waals surface area contributed by atoms with Gasteiger partial charge in [-0.05, 0) is 41.5 Å². The van der Waals surface area contributed by atoms with Gasteiger partial charge in [0.15, 0.2) is 0 Å². The van der Waals surface area contributed by atoms with Crippen molar-refractivity contribution in [2.24, 2.45) is 11.8 Å². The summed E-state index contributed by atoms with van der Waals surface area (Å²) in [4.78, 5) is 60.2. The zero-order valence-electron chi connectivity index (χ0n) is 23.9. The van der Waals surface area contributed by atoms with Gasteiger partial charge in [0, 0.05) is 31.3 Å². The molecule has 0 radical (unpaired) electrons. The summed E-state index contributed by atoms with van der Waals surface area (Å²) in [6.07, 6.45) is 5.60. The molecular weight excluding hydrogens is 536 g/mol. The van der Waals surface area contributed by atoms with Gasteiger partial charge in [-0.3, -0.25) is 24.2 Å². The molecule has 1 aliphatic rings. The van der Waals surface area contributed by atoms with E-state index in [1.807, 2.05) is 56.3 Å². The molecule has 2 aromatic carbocycles. The molecule has 0 aliphatic carbocycles. The maximum absolute atomic E-state index is 13.8. The van der Waals surface area contributed by atoms with Crippen LogP contribution >= 0.6 is 0 Å². The van der Waals surface area contributed by atoms with Crippen molar-refractivity contribution < 1.29 is 24.3 Å². The second kappa shape index (κ2) is 14.5. The number of hydrogen-bond donors (Lipinski definition) is 5. The summed E-state index contributed by atoms with van der Waals surface area (Å²) in [6.45, 7) is 4.10. The molecular formula is C31H38N6O5. The van der Waals surface area contributed by atoms with Crippen LogP contribution in [0.25, 0.3) is 10.8 Å². The van der Waals surface area contributed by atoms with E-state index in [0.29, 0.717) is 25.8 Å². The van der Waals surface area contributed by atoms with Gasteiger partial charge in [0.2, 0.25) is 17.7 Å². The van der Waals surface area contributed by atoms with Crippen LogP contribution in [0.2, 0.25) is 0 Å². The van der Waals surface area contributed by atoms with Crippen LogP contribution < -0.4 is 21.3 Å². The second-order valence-corrected chi connectivity index (χ2v) is 11.1. The lowest BCUT2D eigenvalue weighted by molar-refractivity contribution is -0.131. The van der Waals surface area contributed by atoms with Crippen molar-refractivity contribution >= 4 is 34.4 Å². The number of nitrogens with zero attached hydrogens (tertiary/aromatic N) is 2. The molecule has 2 heterocycles. The largest absolute Gasteiger partial charge is 0.394 e. The Balaban J connectivity index is 1.54. The van der Waals surface area contributed by atoms with Gasteiger partial charge < -0.3 is 26.4 Å². The fraction of sp³-hybridized carbons (Fsp3) is 0.419. The normalized spacial score (nSPS) is 16.9. The van der Waals surface area contributed by atoms with Gasteiger partial charge in [0.25, 0.3) is 5.91 Å². The molecule has 0 unspecified atom stereocenters. The van der Waals surface area contributed by atoms with E-state index in [1.165, 1.54) is 18.6 Å². The highest BCUT2D eigenvalue weighted by atomic mass is 16.3. The third-order valence-electron chi connectivity index (χ3n) is 7.36. The lowest BCUT2D eigenvalue weighted by Gasteiger charge is -2.27. The molecule has 3 aromatic rings. The van der Waals surface area contributed by atoms with Crippen LogP contribution in [0.1, 0.15) is 49.2 Å². The minimum atomic E-state index is -1.02. The molecule has 11 nitrogen and oxygen atoms in total. The van der Waals surface area contributed by atoms with Crippen LogP contribution in [0.3, 0.4) is 0 Å². The van der Waals surface area contributed by atoms with Crippen molar-refractivity contribution in [3.63, 3.8) is 0 Å². The number of amides is 4. The van der Waals surface area contributed by atoms with Crippen molar-refractivity contribution in [1.29, 1.82) is 0 Å². The maximum atomic E-state index is 13.8. The fourth-order valence-electron chi connectivity index (χ4n) is 5.22. The Hall–Kier alpha value is -4.38. The van der Waals surface area contributed by atoms with Crippen LogP contribution in [0, 0.1) is 11.8 Å². The first-order valence-electron chi connectivity index (χ1n) is 14.3. The summed E-state index contributed by atoms with van der Waals surface area (Å²) >= 11 is 0. The summed E-state index contributed by atoms with van der Waals surface area (Å²) in [5.74, 6) is -1.88. The molecule has 4 amide bonds. The molecule has 0 bridgehead atoms. The molecule has 0 saturated carbocycles. The average Bonchev–Trinajstić information content (AvgIpc) is 3.40. The molecule has 1 fully saturated rings. The number of carbonyl (C=O) groups is 4. The van der Waals surface area contributed by atoms with E-state index in [0.717, 1.165) is 16.3 Å². The van der Waals surface area contributed by atoms with E-state index in [4.69, 9.17) is 0 Å². The van der Waals surface area contributed by atoms with Gasteiger partial charge in [0.05, 0.1) is 18.8 Å². The second-order valence-electron chi connectivity index (χ2n) is 11.1. The number of rotatable bonds is 13. The highest BCUT2D eigenvalue weighted by molar-refractivity contribution is 5.97. The molecule has 42 heavy (non-hydrogen) atoms. The van der Waals surface area contributed by atoms with E-state index >= 15 is 0 Å². The molecule has 5 N–H and O–H groups in total.